The minimum absolute atomic E-state index is 0.357. The molecule has 0 saturated heterocycles. The van der Waals surface area contributed by atoms with Crippen LogP contribution in [0.15, 0.2) is 24.3 Å². The standard InChI is InChI=1S/C17H20N2OS/c1-12(2)17-15(8-10-18)21-16(19-17)9-11-20-14-7-5-4-6-13(14)3/h4-7,12H,8-9,11H2,1-3H3. The summed E-state index contributed by atoms with van der Waals surface area (Å²) in [6, 6.07) is 10.2. The van der Waals surface area contributed by atoms with Crippen molar-refractivity contribution in [3.63, 3.8) is 0 Å². The van der Waals surface area contributed by atoms with Gasteiger partial charge >= 0.3 is 0 Å². The largest absolute Gasteiger partial charge is 0.493 e. The summed E-state index contributed by atoms with van der Waals surface area (Å²) < 4.78 is 5.81. The summed E-state index contributed by atoms with van der Waals surface area (Å²) in [7, 11) is 0. The molecule has 21 heavy (non-hydrogen) atoms. The molecule has 0 unspecified atom stereocenters. The maximum absolute atomic E-state index is 8.89. The number of benzene rings is 1. The Kier molecular flexibility index (Phi) is 5.35. The molecule has 110 valence electrons. The lowest BCUT2D eigenvalue weighted by atomic mass is 10.1. The van der Waals surface area contributed by atoms with Gasteiger partial charge in [0.15, 0.2) is 0 Å². The highest BCUT2D eigenvalue weighted by Gasteiger charge is 2.14. The summed E-state index contributed by atoms with van der Waals surface area (Å²) in [5, 5.41) is 9.95. The molecule has 4 heteroatoms. The van der Waals surface area contributed by atoms with Gasteiger partial charge in [-0.3, -0.25) is 0 Å². The van der Waals surface area contributed by atoms with Gasteiger partial charge in [0, 0.05) is 11.3 Å². The first-order valence-electron chi connectivity index (χ1n) is 7.15. The van der Waals surface area contributed by atoms with E-state index in [0.717, 1.165) is 33.3 Å². The van der Waals surface area contributed by atoms with Gasteiger partial charge in [-0.2, -0.15) is 5.26 Å². The second kappa shape index (κ2) is 7.24. The van der Waals surface area contributed by atoms with Crippen molar-refractivity contribution < 1.29 is 4.74 Å². The molecule has 0 aliphatic carbocycles. The maximum Gasteiger partial charge on any atom is 0.122 e. The summed E-state index contributed by atoms with van der Waals surface area (Å²) >= 11 is 1.64. The molecule has 2 aromatic rings. The Labute approximate surface area is 130 Å². The molecular formula is C17H20N2OS. The second-order valence-electron chi connectivity index (χ2n) is 5.27. The van der Waals surface area contributed by atoms with Crippen LogP contribution in [0.3, 0.4) is 0 Å². The predicted molar refractivity (Wildman–Crippen MR) is 85.9 cm³/mol. The number of hydrogen-bond acceptors (Lipinski definition) is 4. The number of nitrogens with zero attached hydrogens (tertiary/aromatic N) is 2. The van der Waals surface area contributed by atoms with Crippen molar-refractivity contribution in [1.82, 2.24) is 4.98 Å². The summed E-state index contributed by atoms with van der Waals surface area (Å²) in [6.07, 6.45) is 1.23. The Balaban J connectivity index is 1.99. The minimum Gasteiger partial charge on any atom is -0.493 e. The summed E-state index contributed by atoms with van der Waals surface area (Å²) in [4.78, 5) is 5.77. The first-order chi connectivity index (χ1) is 10.1. The van der Waals surface area contributed by atoms with E-state index < -0.39 is 0 Å². The lowest BCUT2D eigenvalue weighted by Gasteiger charge is -2.07. The molecule has 0 fully saturated rings. The molecule has 0 atom stereocenters. The maximum atomic E-state index is 8.89. The Morgan fingerprint density at radius 2 is 2.10 bits per heavy atom. The third-order valence-electron chi connectivity index (χ3n) is 3.23. The number of thiazole rings is 1. The van der Waals surface area contributed by atoms with E-state index in [9.17, 15) is 0 Å². The Bertz CT molecular complexity index is 640. The number of para-hydroxylation sites is 1. The monoisotopic (exact) mass is 300 g/mol. The van der Waals surface area contributed by atoms with Crippen LogP contribution in [0.4, 0.5) is 0 Å². The second-order valence-corrected chi connectivity index (χ2v) is 6.44. The fourth-order valence-electron chi connectivity index (χ4n) is 2.14. The van der Waals surface area contributed by atoms with Gasteiger partial charge in [-0.05, 0) is 24.5 Å². The van der Waals surface area contributed by atoms with E-state index in [1.807, 2.05) is 31.2 Å². The van der Waals surface area contributed by atoms with E-state index >= 15 is 0 Å². The van der Waals surface area contributed by atoms with Gasteiger partial charge in [0.2, 0.25) is 0 Å². The van der Waals surface area contributed by atoms with E-state index in [2.05, 4.69) is 24.9 Å². The molecule has 0 radical (unpaired) electrons. The van der Waals surface area contributed by atoms with E-state index in [4.69, 9.17) is 10.00 Å². The average Bonchev–Trinajstić information content (AvgIpc) is 2.85. The molecule has 1 heterocycles. The third-order valence-corrected chi connectivity index (χ3v) is 4.36. The Hall–Kier alpha value is -1.86. The molecule has 3 nitrogen and oxygen atoms in total. The average molecular weight is 300 g/mol. The predicted octanol–water partition coefficient (Wildman–Crippen LogP) is 4.26. The summed E-state index contributed by atoms with van der Waals surface area (Å²) in [5.74, 6) is 1.28. The molecule has 0 aliphatic heterocycles. The van der Waals surface area contributed by atoms with Crippen molar-refractivity contribution in [2.75, 3.05) is 6.61 Å². The lowest BCUT2D eigenvalue weighted by molar-refractivity contribution is 0.319. The first-order valence-corrected chi connectivity index (χ1v) is 7.97. The van der Waals surface area contributed by atoms with Crippen LogP contribution < -0.4 is 4.74 Å². The van der Waals surface area contributed by atoms with Gasteiger partial charge in [-0.1, -0.05) is 32.0 Å². The SMILES string of the molecule is Cc1ccccc1OCCc1nc(C(C)C)c(CC#N)s1. The highest BCUT2D eigenvalue weighted by Crippen LogP contribution is 2.26. The zero-order valence-electron chi connectivity index (χ0n) is 12.7. The molecular weight excluding hydrogens is 280 g/mol. The molecule has 0 spiro atoms. The molecule has 1 aromatic carbocycles. The highest BCUT2D eigenvalue weighted by molar-refractivity contribution is 7.11. The molecule has 0 aliphatic rings. The highest BCUT2D eigenvalue weighted by atomic mass is 32.1. The summed E-state index contributed by atoms with van der Waals surface area (Å²) in [5.41, 5.74) is 2.21. The van der Waals surface area contributed by atoms with Crippen LogP contribution in [-0.4, -0.2) is 11.6 Å². The van der Waals surface area contributed by atoms with Crippen molar-refractivity contribution in [3.05, 3.63) is 45.4 Å². The van der Waals surface area contributed by atoms with Gasteiger partial charge < -0.3 is 4.74 Å². The van der Waals surface area contributed by atoms with Gasteiger partial charge in [-0.15, -0.1) is 11.3 Å². The van der Waals surface area contributed by atoms with Gasteiger partial charge in [0.05, 0.1) is 29.8 Å². The van der Waals surface area contributed by atoms with Crippen LogP contribution in [0.1, 0.15) is 40.9 Å². The molecule has 0 N–H and O–H groups in total. The number of hydrogen-bond donors (Lipinski definition) is 0. The topological polar surface area (TPSA) is 45.9 Å². The van der Waals surface area contributed by atoms with Crippen LogP contribution >= 0.6 is 11.3 Å². The molecule has 0 amide bonds. The van der Waals surface area contributed by atoms with Crippen LogP contribution in [0.5, 0.6) is 5.75 Å². The zero-order chi connectivity index (χ0) is 15.2. The summed E-state index contributed by atoms with van der Waals surface area (Å²) in [6.45, 7) is 6.88. The fourth-order valence-corrected chi connectivity index (χ4v) is 3.27. The fraction of sp³-hybridized carbons (Fsp3) is 0.412. The van der Waals surface area contributed by atoms with Gasteiger partial charge in [-0.25, -0.2) is 4.98 Å². The quantitative estimate of drug-likeness (QED) is 0.800. The molecule has 0 saturated carbocycles. The smallest absolute Gasteiger partial charge is 0.122 e. The van der Waals surface area contributed by atoms with Crippen LogP contribution in [-0.2, 0) is 12.8 Å². The van der Waals surface area contributed by atoms with Crippen molar-refractivity contribution in [1.29, 1.82) is 5.26 Å². The van der Waals surface area contributed by atoms with Crippen molar-refractivity contribution in [2.45, 2.75) is 39.5 Å². The first kappa shape index (κ1) is 15.5. The molecule has 1 aromatic heterocycles. The number of ether oxygens (including phenoxy) is 1. The van der Waals surface area contributed by atoms with Gasteiger partial charge in [0.25, 0.3) is 0 Å². The Morgan fingerprint density at radius 3 is 2.76 bits per heavy atom. The zero-order valence-corrected chi connectivity index (χ0v) is 13.5. The van der Waals surface area contributed by atoms with E-state index in [-0.39, 0.29) is 0 Å². The number of rotatable bonds is 6. The minimum atomic E-state index is 0.357. The molecule has 0 bridgehead atoms. The van der Waals surface area contributed by atoms with E-state index in [0.29, 0.717) is 18.9 Å². The lowest BCUT2D eigenvalue weighted by Crippen LogP contribution is -2.02. The number of nitriles is 1. The van der Waals surface area contributed by atoms with E-state index in [1.165, 1.54) is 0 Å². The number of aromatic nitrogens is 1. The van der Waals surface area contributed by atoms with Crippen molar-refractivity contribution >= 4 is 11.3 Å². The van der Waals surface area contributed by atoms with Crippen molar-refractivity contribution in [2.24, 2.45) is 0 Å². The molecule has 2 rings (SSSR count). The van der Waals surface area contributed by atoms with Crippen LogP contribution in [0.25, 0.3) is 0 Å². The van der Waals surface area contributed by atoms with E-state index in [1.54, 1.807) is 11.3 Å². The van der Waals surface area contributed by atoms with Crippen molar-refractivity contribution in [3.8, 4) is 11.8 Å². The normalized spacial score (nSPS) is 10.6. The third kappa shape index (κ3) is 4.05. The number of aryl methyl sites for hydroxylation is 1. The van der Waals surface area contributed by atoms with Crippen LogP contribution in [0.2, 0.25) is 0 Å². The van der Waals surface area contributed by atoms with Crippen LogP contribution in [0, 0.1) is 18.3 Å². The van der Waals surface area contributed by atoms with Gasteiger partial charge in [0.1, 0.15) is 5.75 Å². The Morgan fingerprint density at radius 1 is 1.33 bits per heavy atom.